The fourth-order valence-corrected chi connectivity index (χ4v) is 2.05. The minimum absolute atomic E-state index is 0.0833. The van der Waals surface area contributed by atoms with Gasteiger partial charge in [-0.05, 0) is 37.1 Å². The third kappa shape index (κ3) is 1.74. The van der Waals surface area contributed by atoms with Crippen molar-refractivity contribution in [3.8, 4) is 5.69 Å². The van der Waals surface area contributed by atoms with Crippen molar-refractivity contribution in [1.82, 2.24) is 19.3 Å². The van der Waals surface area contributed by atoms with Crippen LogP contribution in [0.3, 0.4) is 0 Å². The smallest absolute Gasteiger partial charge is 0.264 e. The van der Waals surface area contributed by atoms with Crippen LogP contribution in [0.1, 0.15) is 11.1 Å². The van der Waals surface area contributed by atoms with Crippen molar-refractivity contribution < 1.29 is 0 Å². The van der Waals surface area contributed by atoms with Crippen LogP contribution in [0.25, 0.3) is 16.7 Å². The fraction of sp³-hybridized carbons (Fsp3) is 0.214. The van der Waals surface area contributed by atoms with Crippen molar-refractivity contribution in [2.75, 3.05) is 0 Å². The van der Waals surface area contributed by atoms with E-state index in [4.69, 9.17) is 0 Å². The van der Waals surface area contributed by atoms with E-state index in [1.807, 2.05) is 18.2 Å². The van der Waals surface area contributed by atoms with Crippen LogP contribution in [-0.2, 0) is 7.05 Å². The summed E-state index contributed by atoms with van der Waals surface area (Å²) in [6.07, 6.45) is 3.09. The van der Waals surface area contributed by atoms with Crippen LogP contribution in [0.2, 0.25) is 0 Å². The van der Waals surface area contributed by atoms with Crippen molar-refractivity contribution >= 4 is 11.0 Å². The second-order valence-electron chi connectivity index (χ2n) is 4.72. The first-order valence-corrected chi connectivity index (χ1v) is 6.05. The number of nitrogens with zero attached hydrogens (tertiary/aromatic N) is 4. The molecule has 0 aliphatic heterocycles. The Balaban J connectivity index is 2.29. The molecule has 0 fully saturated rings. The van der Waals surface area contributed by atoms with E-state index >= 15 is 0 Å². The summed E-state index contributed by atoms with van der Waals surface area (Å²) in [5.74, 6) is 0. The Labute approximate surface area is 110 Å². The number of benzene rings is 1. The second kappa shape index (κ2) is 4.05. The van der Waals surface area contributed by atoms with Crippen LogP contribution < -0.4 is 5.56 Å². The third-order valence-electron chi connectivity index (χ3n) is 3.38. The minimum Gasteiger partial charge on any atom is -0.302 e. The first-order valence-electron chi connectivity index (χ1n) is 6.05. The number of hydrogen-bond acceptors (Lipinski definition) is 3. The monoisotopic (exact) mass is 254 g/mol. The van der Waals surface area contributed by atoms with Crippen molar-refractivity contribution in [2.24, 2.45) is 7.05 Å². The molecule has 3 rings (SSSR count). The molecule has 0 spiro atoms. The SMILES string of the molecule is Cc1ccc(-n2ncc3c(=O)n(C)cnc32)cc1C. The van der Waals surface area contributed by atoms with Gasteiger partial charge in [0.05, 0.1) is 18.2 Å². The molecule has 2 aromatic heterocycles. The van der Waals surface area contributed by atoms with Crippen LogP contribution in [0, 0.1) is 13.8 Å². The molecule has 0 bridgehead atoms. The van der Waals surface area contributed by atoms with Crippen molar-refractivity contribution in [3.05, 3.63) is 52.2 Å². The van der Waals surface area contributed by atoms with E-state index in [2.05, 4.69) is 23.9 Å². The Morgan fingerprint density at radius 2 is 1.95 bits per heavy atom. The van der Waals surface area contributed by atoms with Crippen LogP contribution in [-0.4, -0.2) is 19.3 Å². The van der Waals surface area contributed by atoms with Gasteiger partial charge in [0.25, 0.3) is 5.56 Å². The highest BCUT2D eigenvalue weighted by Gasteiger charge is 2.10. The Morgan fingerprint density at radius 1 is 1.16 bits per heavy atom. The number of fused-ring (bicyclic) bond motifs is 1. The zero-order valence-corrected chi connectivity index (χ0v) is 11.1. The molecule has 0 radical (unpaired) electrons. The van der Waals surface area contributed by atoms with E-state index in [1.165, 1.54) is 22.0 Å². The molecule has 3 aromatic rings. The first-order chi connectivity index (χ1) is 9.08. The summed E-state index contributed by atoms with van der Waals surface area (Å²) < 4.78 is 3.15. The van der Waals surface area contributed by atoms with Crippen molar-refractivity contribution in [3.63, 3.8) is 0 Å². The van der Waals surface area contributed by atoms with Gasteiger partial charge in [-0.15, -0.1) is 0 Å². The van der Waals surface area contributed by atoms with Crippen LogP contribution in [0.15, 0.2) is 35.5 Å². The largest absolute Gasteiger partial charge is 0.302 e. The molecule has 0 N–H and O–H groups in total. The Hall–Kier alpha value is -2.43. The van der Waals surface area contributed by atoms with Gasteiger partial charge in [-0.2, -0.15) is 5.10 Å². The lowest BCUT2D eigenvalue weighted by molar-refractivity contribution is 0.831. The minimum atomic E-state index is -0.0833. The highest BCUT2D eigenvalue weighted by molar-refractivity contribution is 5.74. The van der Waals surface area contributed by atoms with E-state index in [9.17, 15) is 4.79 Å². The summed E-state index contributed by atoms with van der Waals surface area (Å²) in [5, 5.41) is 4.81. The zero-order chi connectivity index (χ0) is 13.6. The first kappa shape index (κ1) is 11.6. The van der Waals surface area contributed by atoms with E-state index in [1.54, 1.807) is 17.9 Å². The van der Waals surface area contributed by atoms with Gasteiger partial charge >= 0.3 is 0 Å². The fourth-order valence-electron chi connectivity index (χ4n) is 2.05. The number of hydrogen-bond donors (Lipinski definition) is 0. The quantitative estimate of drug-likeness (QED) is 0.664. The molecule has 0 atom stereocenters. The van der Waals surface area contributed by atoms with E-state index in [-0.39, 0.29) is 5.56 Å². The normalized spacial score (nSPS) is 11.1. The number of rotatable bonds is 1. The van der Waals surface area contributed by atoms with Crippen LogP contribution >= 0.6 is 0 Å². The average Bonchev–Trinajstić information content (AvgIpc) is 2.82. The third-order valence-corrected chi connectivity index (χ3v) is 3.38. The summed E-state index contributed by atoms with van der Waals surface area (Å²) in [6, 6.07) is 6.06. The van der Waals surface area contributed by atoms with Crippen molar-refractivity contribution in [1.29, 1.82) is 0 Å². The Morgan fingerprint density at radius 3 is 2.68 bits per heavy atom. The topological polar surface area (TPSA) is 52.7 Å². The summed E-state index contributed by atoms with van der Waals surface area (Å²) >= 11 is 0. The van der Waals surface area contributed by atoms with Gasteiger partial charge in [0, 0.05) is 7.05 Å². The summed E-state index contributed by atoms with van der Waals surface area (Å²) in [6.45, 7) is 4.12. The molecule has 0 unspecified atom stereocenters. The maximum absolute atomic E-state index is 12.0. The molecular weight excluding hydrogens is 240 g/mol. The second-order valence-corrected chi connectivity index (χ2v) is 4.72. The Kier molecular flexibility index (Phi) is 2.48. The molecule has 0 aliphatic rings. The summed E-state index contributed by atoms with van der Waals surface area (Å²) in [5.41, 5.74) is 3.83. The maximum atomic E-state index is 12.0. The molecule has 0 saturated carbocycles. The summed E-state index contributed by atoms with van der Waals surface area (Å²) in [7, 11) is 1.68. The summed E-state index contributed by atoms with van der Waals surface area (Å²) in [4.78, 5) is 16.3. The molecular formula is C14H14N4O. The van der Waals surface area contributed by atoms with Crippen LogP contribution in [0.4, 0.5) is 0 Å². The highest BCUT2D eigenvalue weighted by Crippen LogP contribution is 2.16. The molecule has 96 valence electrons. The van der Waals surface area contributed by atoms with Gasteiger partial charge in [-0.3, -0.25) is 4.79 Å². The number of aryl methyl sites for hydroxylation is 3. The molecule has 5 heteroatoms. The van der Waals surface area contributed by atoms with Crippen LogP contribution in [0.5, 0.6) is 0 Å². The predicted octanol–water partition coefficient (Wildman–Crippen LogP) is 1.74. The van der Waals surface area contributed by atoms with E-state index in [0.29, 0.717) is 11.0 Å². The highest BCUT2D eigenvalue weighted by atomic mass is 16.1. The maximum Gasteiger partial charge on any atom is 0.264 e. The predicted molar refractivity (Wildman–Crippen MR) is 73.6 cm³/mol. The van der Waals surface area contributed by atoms with Gasteiger partial charge < -0.3 is 4.57 Å². The average molecular weight is 254 g/mol. The lowest BCUT2D eigenvalue weighted by atomic mass is 10.1. The number of aromatic nitrogens is 4. The van der Waals surface area contributed by atoms with Gasteiger partial charge in [-0.1, -0.05) is 6.07 Å². The zero-order valence-electron chi connectivity index (χ0n) is 11.1. The van der Waals surface area contributed by atoms with Gasteiger partial charge in [0.2, 0.25) is 0 Å². The van der Waals surface area contributed by atoms with E-state index < -0.39 is 0 Å². The molecule has 2 heterocycles. The van der Waals surface area contributed by atoms with Gasteiger partial charge in [0.15, 0.2) is 5.65 Å². The van der Waals surface area contributed by atoms with E-state index in [0.717, 1.165) is 5.69 Å². The van der Waals surface area contributed by atoms with Gasteiger partial charge in [0.1, 0.15) is 5.39 Å². The molecule has 0 saturated heterocycles. The van der Waals surface area contributed by atoms with Gasteiger partial charge in [-0.25, -0.2) is 9.67 Å². The molecule has 1 aromatic carbocycles. The molecule has 19 heavy (non-hydrogen) atoms. The molecule has 0 aliphatic carbocycles. The van der Waals surface area contributed by atoms with Crippen molar-refractivity contribution in [2.45, 2.75) is 13.8 Å². The molecule has 0 amide bonds. The lowest BCUT2D eigenvalue weighted by Gasteiger charge is -2.06. The standard InChI is InChI=1S/C14H14N4O/c1-9-4-5-11(6-10(9)2)18-13-12(7-16-18)14(19)17(3)8-15-13/h4-8H,1-3H3. The molecule has 5 nitrogen and oxygen atoms in total. The lowest BCUT2D eigenvalue weighted by Crippen LogP contribution is -2.16. The Bertz CT molecular complexity index is 829.